The molecule has 0 aromatic heterocycles. The van der Waals surface area contributed by atoms with Crippen molar-refractivity contribution in [3.05, 3.63) is 12.2 Å². The third-order valence-corrected chi connectivity index (χ3v) is 1.29. The van der Waals surface area contributed by atoms with Crippen LogP contribution in [0.5, 0.6) is 0 Å². The van der Waals surface area contributed by atoms with Gasteiger partial charge in [-0.2, -0.15) is 0 Å². The van der Waals surface area contributed by atoms with E-state index in [9.17, 15) is 0 Å². The molecule has 4 N–H and O–H groups in total. The van der Waals surface area contributed by atoms with Gasteiger partial charge in [-0.15, -0.1) is 0 Å². The molecule has 0 aromatic rings. The van der Waals surface area contributed by atoms with Crippen LogP contribution < -0.4 is 5.73 Å². The minimum Gasteiger partial charge on any atom is -0.387 e. The summed E-state index contributed by atoms with van der Waals surface area (Å²) in [6.07, 6.45) is 1.67. The Morgan fingerprint density at radius 2 is 1.50 bits per heavy atom. The van der Waals surface area contributed by atoms with E-state index in [4.69, 9.17) is 15.9 Å². The summed E-state index contributed by atoms with van der Waals surface area (Å²) in [5.41, 5.74) is 5.26. The zero-order valence-corrected chi connectivity index (χ0v) is 4.36. The number of aliphatic hydroxyl groups is 2. The maximum Gasteiger partial charge on any atom is 0.0901 e. The van der Waals surface area contributed by atoms with E-state index < -0.39 is 18.2 Å². The van der Waals surface area contributed by atoms with Gasteiger partial charge >= 0.3 is 0 Å². The summed E-state index contributed by atoms with van der Waals surface area (Å²) in [5.74, 6) is 0. The molecule has 3 nitrogen and oxygen atoms in total. The minimum absolute atomic E-state index is 0.519. The first-order chi connectivity index (χ1) is 3.72. The molecular weight excluding hydrogens is 106 g/mol. The molecule has 0 saturated heterocycles. The quantitative estimate of drug-likeness (QED) is 0.340. The Morgan fingerprint density at radius 3 is 1.62 bits per heavy atom. The predicted molar refractivity (Wildman–Crippen MR) is 29.1 cm³/mol. The predicted octanol–water partition coefficient (Wildman–Crippen LogP) is -1.39. The third kappa shape index (κ3) is 0.753. The topological polar surface area (TPSA) is 66.5 Å². The molecule has 0 amide bonds. The van der Waals surface area contributed by atoms with E-state index in [1.807, 2.05) is 0 Å². The van der Waals surface area contributed by atoms with Crippen molar-refractivity contribution in [2.75, 3.05) is 0 Å². The summed E-state index contributed by atoms with van der Waals surface area (Å²) in [6, 6.07) is -0.519. The van der Waals surface area contributed by atoms with Crippen molar-refractivity contribution in [2.45, 2.75) is 18.2 Å². The van der Waals surface area contributed by atoms with Gasteiger partial charge in [0.05, 0.1) is 18.2 Å². The molecule has 0 bridgehead atoms. The van der Waals surface area contributed by atoms with Crippen LogP contribution in [-0.2, 0) is 0 Å². The van der Waals surface area contributed by atoms with Crippen molar-refractivity contribution in [3.8, 4) is 0 Å². The SMILES string of the molecule is NC1C(O)C=CC1O. The highest BCUT2D eigenvalue weighted by Crippen LogP contribution is 2.07. The summed E-state index contributed by atoms with van der Waals surface area (Å²) < 4.78 is 0. The van der Waals surface area contributed by atoms with Crippen LogP contribution >= 0.6 is 0 Å². The van der Waals surface area contributed by atoms with Crippen LogP contribution in [-0.4, -0.2) is 28.5 Å². The highest BCUT2D eigenvalue weighted by atomic mass is 16.3. The van der Waals surface area contributed by atoms with Crippen LogP contribution in [0.4, 0.5) is 0 Å². The van der Waals surface area contributed by atoms with E-state index in [0.29, 0.717) is 0 Å². The molecule has 0 saturated carbocycles. The van der Waals surface area contributed by atoms with Crippen LogP contribution in [0, 0.1) is 0 Å². The number of nitrogens with two attached hydrogens (primary N) is 1. The third-order valence-electron chi connectivity index (χ3n) is 1.29. The van der Waals surface area contributed by atoms with Gasteiger partial charge in [-0.1, -0.05) is 12.2 Å². The molecule has 3 heteroatoms. The molecule has 1 aliphatic carbocycles. The monoisotopic (exact) mass is 115 g/mol. The van der Waals surface area contributed by atoms with Gasteiger partial charge in [0.15, 0.2) is 0 Å². The first-order valence-electron chi connectivity index (χ1n) is 2.52. The van der Waals surface area contributed by atoms with Gasteiger partial charge in [0, 0.05) is 0 Å². The zero-order chi connectivity index (χ0) is 6.15. The molecule has 0 aliphatic heterocycles. The first-order valence-corrected chi connectivity index (χ1v) is 2.52. The smallest absolute Gasteiger partial charge is 0.0901 e. The normalized spacial score (nSPS) is 45.6. The lowest BCUT2D eigenvalue weighted by atomic mass is 10.2. The molecule has 0 heterocycles. The number of hydrogen-bond donors (Lipinski definition) is 3. The van der Waals surface area contributed by atoms with Crippen molar-refractivity contribution in [1.82, 2.24) is 0 Å². The molecule has 0 radical (unpaired) electrons. The van der Waals surface area contributed by atoms with Crippen LogP contribution in [0.25, 0.3) is 0 Å². The Kier molecular flexibility index (Phi) is 1.33. The number of rotatable bonds is 0. The van der Waals surface area contributed by atoms with Gasteiger partial charge in [-0.25, -0.2) is 0 Å². The highest BCUT2D eigenvalue weighted by molar-refractivity contribution is 5.10. The Hall–Kier alpha value is -0.380. The van der Waals surface area contributed by atoms with E-state index in [1.54, 1.807) is 0 Å². The molecule has 0 aromatic carbocycles. The van der Waals surface area contributed by atoms with E-state index in [0.717, 1.165) is 0 Å². The lowest BCUT2D eigenvalue weighted by Crippen LogP contribution is -2.38. The lowest BCUT2D eigenvalue weighted by molar-refractivity contribution is 0.125. The second-order valence-electron chi connectivity index (χ2n) is 1.94. The van der Waals surface area contributed by atoms with Gasteiger partial charge in [-0.3, -0.25) is 0 Å². The molecule has 0 spiro atoms. The molecule has 2 atom stereocenters. The van der Waals surface area contributed by atoms with E-state index >= 15 is 0 Å². The van der Waals surface area contributed by atoms with E-state index in [-0.39, 0.29) is 0 Å². The maximum absolute atomic E-state index is 8.80. The molecule has 1 aliphatic rings. The second kappa shape index (κ2) is 1.85. The molecule has 1 rings (SSSR count). The highest BCUT2D eigenvalue weighted by Gasteiger charge is 2.23. The molecule has 8 heavy (non-hydrogen) atoms. The van der Waals surface area contributed by atoms with Gasteiger partial charge in [0.25, 0.3) is 0 Å². The van der Waals surface area contributed by atoms with Crippen LogP contribution in [0.3, 0.4) is 0 Å². The number of hydrogen-bond acceptors (Lipinski definition) is 3. The largest absolute Gasteiger partial charge is 0.387 e. The van der Waals surface area contributed by atoms with Crippen molar-refractivity contribution in [1.29, 1.82) is 0 Å². The molecule has 46 valence electrons. The second-order valence-corrected chi connectivity index (χ2v) is 1.94. The Labute approximate surface area is 47.4 Å². The maximum atomic E-state index is 8.80. The fourth-order valence-corrected chi connectivity index (χ4v) is 0.686. The minimum atomic E-state index is -0.662. The molecule has 2 unspecified atom stereocenters. The van der Waals surface area contributed by atoms with Gasteiger partial charge in [-0.05, 0) is 0 Å². The first kappa shape index (κ1) is 5.75. The summed E-state index contributed by atoms with van der Waals surface area (Å²) in [5, 5.41) is 17.6. The average molecular weight is 115 g/mol. The van der Waals surface area contributed by atoms with Gasteiger partial charge in [0.1, 0.15) is 0 Å². The summed E-state index contributed by atoms with van der Waals surface area (Å²) in [7, 11) is 0. The van der Waals surface area contributed by atoms with Crippen LogP contribution in [0.2, 0.25) is 0 Å². The van der Waals surface area contributed by atoms with E-state index in [1.165, 1.54) is 12.2 Å². The Balaban J connectivity index is 2.55. The van der Waals surface area contributed by atoms with Crippen LogP contribution in [0.15, 0.2) is 12.2 Å². The van der Waals surface area contributed by atoms with Gasteiger partial charge in [0.2, 0.25) is 0 Å². The van der Waals surface area contributed by atoms with E-state index in [2.05, 4.69) is 0 Å². The Morgan fingerprint density at radius 1 is 1.12 bits per heavy atom. The molecule has 0 fully saturated rings. The summed E-state index contributed by atoms with van der Waals surface area (Å²) >= 11 is 0. The summed E-state index contributed by atoms with van der Waals surface area (Å²) in [4.78, 5) is 0. The average Bonchev–Trinajstić information content (AvgIpc) is 1.98. The fraction of sp³-hybridized carbons (Fsp3) is 0.600. The number of aliphatic hydroxyl groups excluding tert-OH is 2. The standard InChI is InChI=1S/C5H9NO2/c6-5-3(7)1-2-4(5)8/h1-5,7-8H,6H2. The van der Waals surface area contributed by atoms with Crippen molar-refractivity contribution in [2.24, 2.45) is 5.73 Å². The summed E-state index contributed by atoms with van der Waals surface area (Å²) in [6.45, 7) is 0. The fourth-order valence-electron chi connectivity index (χ4n) is 0.686. The van der Waals surface area contributed by atoms with Crippen LogP contribution in [0.1, 0.15) is 0 Å². The van der Waals surface area contributed by atoms with Gasteiger partial charge < -0.3 is 15.9 Å². The van der Waals surface area contributed by atoms with Crippen molar-refractivity contribution >= 4 is 0 Å². The lowest BCUT2D eigenvalue weighted by Gasteiger charge is -2.10. The Bertz CT molecular complexity index is 101. The van der Waals surface area contributed by atoms with Crippen molar-refractivity contribution < 1.29 is 10.2 Å². The zero-order valence-electron chi connectivity index (χ0n) is 4.36. The molecular formula is C5H9NO2. The van der Waals surface area contributed by atoms with Crippen molar-refractivity contribution in [3.63, 3.8) is 0 Å².